The molecule has 1 amide bonds. The summed E-state index contributed by atoms with van der Waals surface area (Å²) >= 11 is 0. The number of aryl methyl sites for hydroxylation is 1. The molecule has 1 aromatic carbocycles. The SMILES string of the molecule is C=C(/C=C1/CCC=C(c2ccc(-c3ncn(C)n3)cn2)CC1)CN1CC[C@@](OC)(C(=O)Nc2ccc(NN)c(C(=C)c3ccc(OC(C)C)nc3)c2)C1. The van der Waals surface area contributed by atoms with E-state index in [0.717, 1.165) is 53.6 Å². The molecule has 4 aromatic rings. The molecule has 4 N–H and O–H groups in total. The van der Waals surface area contributed by atoms with Gasteiger partial charge in [0.25, 0.3) is 5.91 Å². The Labute approximate surface area is 311 Å². The second-order valence-electron chi connectivity index (χ2n) is 14.0. The predicted octanol–water partition coefficient (Wildman–Crippen LogP) is 6.58. The second kappa shape index (κ2) is 16.5. The summed E-state index contributed by atoms with van der Waals surface area (Å²) in [6, 6.07) is 13.3. The van der Waals surface area contributed by atoms with Crippen molar-refractivity contribution in [3.63, 3.8) is 0 Å². The highest BCUT2D eigenvalue weighted by atomic mass is 16.5. The molecule has 0 radical (unpaired) electrons. The van der Waals surface area contributed by atoms with Crippen LogP contribution >= 0.6 is 0 Å². The van der Waals surface area contributed by atoms with Gasteiger partial charge in [0.15, 0.2) is 11.4 Å². The molecule has 4 heterocycles. The zero-order valence-corrected chi connectivity index (χ0v) is 31.1. The standard InChI is InChI=1S/C41H49N9O3/c1-27(2)53-38-17-13-32(22-44-38)29(4)35-21-34(14-16-37(35)47-42)46-40(51)41(52-6)18-19-50(25-41)24-28(3)20-30-8-7-9-31(11-10-30)36-15-12-33(23-43-36)39-45-26-49(5)48-39/h9,12-17,20-23,26-27,47H,3-4,7-8,10-11,18-19,24-25,42H2,1-2,5-6H3,(H,46,51)/b30-20-/t41-/m0/s1. The Kier molecular flexibility index (Phi) is 11.6. The number of methoxy groups -OCH3 is 1. The minimum absolute atomic E-state index is 0.0209. The highest BCUT2D eigenvalue weighted by Crippen LogP contribution is 2.33. The van der Waals surface area contributed by atoms with Crippen molar-refractivity contribution in [3.05, 3.63) is 114 Å². The molecule has 1 aliphatic heterocycles. The van der Waals surface area contributed by atoms with Gasteiger partial charge in [0.05, 0.1) is 17.5 Å². The molecule has 1 saturated heterocycles. The molecule has 276 valence electrons. The van der Waals surface area contributed by atoms with Gasteiger partial charge in [-0.25, -0.2) is 9.97 Å². The number of benzene rings is 1. The van der Waals surface area contributed by atoms with Gasteiger partial charge in [0, 0.05) is 74.6 Å². The van der Waals surface area contributed by atoms with Gasteiger partial charge < -0.3 is 20.2 Å². The molecule has 53 heavy (non-hydrogen) atoms. The smallest absolute Gasteiger partial charge is 0.258 e. The van der Waals surface area contributed by atoms with Crippen molar-refractivity contribution in [2.24, 2.45) is 12.9 Å². The normalized spacial score (nSPS) is 18.5. The maximum atomic E-state index is 13.8. The molecule has 3 aromatic heterocycles. The lowest BCUT2D eigenvalue weighted by Crippen LogP contribution is -2.47. The maximum Gasteiger partial charge on any atom is 0.258 e. The number of amides is 1. The molecule has 0 unspecified atom stereocenters. The highest BCUT2D eigenvalue weighted by molar-refractivity contribution is 5.99. The number of hydrogen-bond donors (Lipinski definition) is 3. The Bertz CT molecular complexity index is 2010. The van der Waals surface area contributed by atoms with Gasteiger partial charge in [-0.1, -0.05) is 30.9 Å². The fourth-order valence-corrected chi connectivity index (χ4v) is 6.85. The molecule has 1 fully saturated rings. The van der Waals surface area contributed by atoms with E-state index in [1.165, 1.54) is 11.1 Å². The van der Waals surface area contributed by atoms with E-state index < -0.39 is 5.60 Å². The van der Waals surface area contributed by atoms with Crippen LogP contribution in [0.2, 0.25) is 0 Å². The summed E-state index contributed by atoms with van der Waals surface area (Å²) in [5, 5.41) is 7.46. The molecule has 0 saturated carbocycles. The summed E-state index contributed by atoms with van der Waals surface area (Å²) in [7, 11) is 3.45. The molecular weight excluding hydrogens is 667 g/mol. The molecule has 0 bridgehead atoms. The minimum Gasteiger partial charge on any atom is -0.475 e. The van der Waals surface area contributed by atoms with Crippen LogP contribution < -0.4 is 21.3 Å². The van der Waals surface area contributed by atoms with Gasteiger partial charge in [-0.2, -0.15) is 5.10 Å². The molecule has 12 heteroatoms. The lowest BCUT2D eigenvalue weighted by atomic mass is 9.98. The van der Waals surface area contributed by atoms with Crippen LogP contribution in [0.3, 0.4) is 0 Å². The first kappa shape index (κ1) is 37.3. The van der Waals surface area contributed by atoms with Crippen molar-refractivity contribution < 1.29 is 14.3 Å². The topological polar surface area (TPSA) is 145 Å². The number of allylic oxidation sites excluding steroid dienone is 3. The number of carbonyl (C=O) groups is 1. The van der Waals surface area contributed by atoms with Crippen LogP contribution in [0.1, 0.15) is 62.8 Å². The first-order valence-electron chi connectivity index (χ1n) is 18.0. The first-order chi connectivity index (χ1) is 25.6. The van der Waals surface area contributed by atoms with E-state index in [4.69, 9.17) is 20.3 Å². The van der Waals surface area contributed by atoms with E-state index in [2.05, 4.69) is 62.1 Å². The second-order valence-corrected chi connectivity index (χ2v) is 14.0. The van der Waals surface area contributed by atoms with Crippen molar-refractivity contribution >= 4 is 28.4 Å². The number of nitrogens with one attached hydrogen (secondary N) is 2. The molecule has 2 aliphatic rings. The van der Waals surface area contributed by atoms with Crippen molar-refractivity contribution in [1.29, 1.82) is 0 Å². The average molecular weight is 716 g/mol. The third kappa shape index (κ3) is 8.97. The van der Waals surface area contributed by atoms with E-state index >= 15 is 0 Å². The first-order valence-corrected chi connectivity index (χ1v) is 18.0. The van der Waals surface area contributed by atoms with E-state index in [1.807, 2.05) is 63.5 Å². The zero-order chi connectivity index (χ0) is 37.5. The maximum absolute atomic E-state index is 13.8. The number of ether oxygens (including phenoxy) is 2. The van der Waals surface area contributed by atoms with E-state index in [0.29, 0.717) is 54.7 Å². The number of hydrazine groups is 1. The van der Waals surface area contributed by atoms with Crippen molar-refractivity contribution in [1.82, 2.24) is 29.6 Å². The Morgan fingerprint density at radius 3 is 2.60 bits per heavy atom. The van der Waals surface area contributed by atoms with Crippen LogP contribution in [0, 0.1) is 0 Å². The van der Waals surface area contributed by atoms with Crippen LogP contribution in [-0.2, 0) is 16.6 Å². The van der Waals surface area contributed by atoms with Crippen LogP contribution in [0.5, 0.6) is 5.88 Å². The summed E-state index contributed by atoms with van der Waals surface area (Å²) in [5.41, 5.74) is 10.8. The van der Waals surface area contributed by atoms with Crippen molar-refractivity contribution in [2.45, 2.75) is 57.7 Å². The Hall–Kier alpha value is -5.43. The molecule has 0 spiro atoms. The quantitative estimate of drug-likeness (QED) is 0.103. The zero-order valence-electron chi connectivity index (χ0n) is 31.1. The summed E-state index contributed by atoms with van der Waals surface area (Å²) in [6.45, 7) is 14.4. The largest absolute Gasteiger partial charge is 0.475 e. The molecular formula is C41H49N9O3. The molecule has 1 atom stereocenters. The van der Waals surface area contributed by atoms with Crippen LogP contribution in [0.4, 0.5) is 11.4 Å². The summed E-state index contributed by atoms with van der Waals surface area (Å²) < 4.78 is 13.3. The third-order valence-corrected chi connectivity index (χ3v) is 9.67. The minimum atomic E-state index is -0.998. The third-order valence-electron chi connectivity index (χ3n) is 9.67. The lowest BCUT2D eigenvalue weighted by molar-refractivity contribution is -0.136. The van der Waals surface area contributed by atoms with E-state index in [9.17, 15) is 4.79 Å². The van der Waals surface area contributed by atoms with Gasteiger partial charge >= 0.3 is 0 Å². The number of hydrogen-bond acceptors (Lipinski definition) is 10. The number of likely N-dealkylation sites (tertiary alicyclic amines) is 1. The van der Waals surface area contributed by atoms with E-state index in [-0.39, 0.29) is 12.0 Å². The summed E-state index contributed by atoms with van der Waals surface area (Å²) in [5.74, 6) is 6.86. The summed E-state index contributed by atoms with van der Waals surface area (Å²) in [6.07, 6.45) is 14.1. The monoisotopic (exact) mass is 715 g/mol. The van der Waals surface area contributed by atoms with Gasteiger partial charge in [-0.15, -0.1) is 0 Å². The number of carbonyl (C=O) groups excluding carboxylic acids is 1. The van der Waals surface area contributed by atoms with E-state index in [1.54, 1.807) is 24.3 Å². The fourth-order valence-electron chi connectivity index (χ4n) is 6.85. The van der Waals surface area contributed by atoms with Gasteiger partial charge in [0.1, 0.15) is 6.33 Å². The Balaban J connectivity index is 1.04. The predicted molar refractivity (Wildman–Crippen MR) is 210 cm³/mol. The number of pyridine rings is 2. The molecule has 1 aliphatic carbocycles. The van der Waals surface area contributed by atoms with Gasteiger partial charge in [0.2, 0.25) is 5.88 Å². The van der Waals surface area contributed by atoms with Gasteiger partial charge in [-0.05, 0) is 99.1 Å². The average Bonchev–Trinajstić information content (AvgIpc) is 3.71. The van der Waals surface area contributed by atoms with Crippen LogP contribution in [0.15, 0.2) is 97.6 Å². The number of anilines is 2. The summed E-state index contributed by atoms with van der Waals surface area (Å²) in [4.78, 5) is 29.5. The van der Waals surface area contributed by atoms with Gasteiger partial charge in [-0.3, -0.25) is 25.2 Å². The molecule has 6 rings (SSSR count). The fraction of sp³-hybridized carbons (Fsp3) is 0.341. The Morgan fingerprint density at radius 2 is 1.92 bits per heavy atom. The number of aromatic nitrogens is 5. The number of nitrogen functional groups attached to an aromatic ring is 1. The number of nitrogens with two attached hydrogens (primary N) is 1. The van der Waals surface area contributed by atoms with Crippen molar-refractivity contribution in [2.75, 3.05) is 37.5 Å². The van der Waals surface area contributed by atoms with Crippen LogP contribution in [0.25, 0.3) is 22.5 Å². The lowest BCUT2D eigenvalue weighted by Gasteiger charge is -2.27. The van der Waals surface area contributed by atoms with Crippen LogP contribution in [-0.4, -0.2) is 74.0 Å². The number of nitrogens with zero attached hydrogens (tertiary/aromatic N) is 6. The number of rotatable bonds is 13. The highest BCUT2D eigenvalue weighted by Gasteiger charge is 2.45. The van der Waals surface area contributed by atoms with Crippen molar-refractivity contribution in [3.8, 4) is 17.3 Å². The Morgan fingerprint density at radius 1 is 1.08 bits per heavy atom. The molecule has 12 nitrogen and oxygen atoms in total.